The minimum Gasteiger partial charge on any atom is -0.297 e. The topological polar surface area (TPSA) is 45.2 Å². The standard InChI is InChI=1S/C20H21N3OS2/c1-13-10-17(25-14(13)2)19(24)22-20-21-16-8-9-23(12-18(16)26-20)11-15-6-4-3-5-7-15/h3-7,10H,8-9,11-12H2,1-2H3,(H,21,22,24). The molecule has 26 heavy (non-hydrogen) atoms. The maximum atomic E-state index is 12.5. The maximum Gasteiger partial charge on any atom is 0.267 e. The van der Waals surface area contributed by atoms with Crippen molar-refractivity contribution in [3.05, 3.63) is 67.9 Å². The first-order chi connectivity index (χ1) is 12.6. The molecule has 0 saturated carbocycles. The molecule has 1 N–H and O–H groups in total. The van der Waals surface area contributed by atoms with Gasteiger partial charge in [-0.3, -0.25) is 15.0 Å². The average molecular weight is 384 g/mol. The van der Waals surface area contributed by atoms with Gasteiger partial charge in [-0.2, -0.15) is 0 Å². The Bertz CT molecular complexity index is 910. The summed E-state index contributed by atoms with van der Waals surface area (Å²) in [5, 5.41) is 3.69. The van der Waals surface area contributed by atoms with Crippen LogP contribution in [0.5, 0.6) is 0 Å². The summed E-state index contributed by atoms with van der Waals surface area (Å²) >= 11 is 3.14. The van der Waals surface area contributed by atoms with Crippen molar-refractivity contribution in [2.75, 3.05) is 11.9 Å². The van der Waals surface area contributed by atoms with Gasteiger partial charge < -0.3 is 0 Å². The van der Waals surface area contributed by atoms with Crippen molar-refractivity contribution in [1.82, 2.24) is 9.88 Å². The van der Waals surface area contributed by atoms with E-state index in [0.29, 0.717) is 5.13 Å². The second kappa shape index (κ2) is 7.31. The van der Waals surface area contributed by atoms with E-state index in [1.807, 2.05) is 26.0 Å². The van der Waals surface area contributed by atoms with Crippen LogP contribution in [0.15, 0.2) is 36.4 Å². The van der Waals surface area contributed by atoms with Gasteiger partial charge in [-0.25, -0.2) is 4.98 Å². The number of hydrogen-bond donors (Lipinski definition) is 1. The van der Waals surface area contributed by atoms with Gasteiger partial charge in [0, 0.05) is 35.8 Å². The van der Waals surface area contributed by atoms with Crippen molar-refractivity contribution in [3.8, 4) is 0 Å². The van der Waals surface area contributed by atoms with Crippen molar-refractivity contribution in [2.24, 2.45) is 0 Å². The third-order valence-corrected chi connectivity index (χ3v) is 6.82. The summed E-state index contributed by atoms with van der Waals surface area (Å²) in [6.45, 7) is 6.93. The lowest BCUT2D eigenvalue weighted by molar-refractivity contribution is 0.103. The Kier molecular flexibility index (Phi) is 4.89. The number of thiazole rings is 1. The highest BCUT2D eigenvalue weighted by molar-refractivity contribution is 7.16. The molecule has 0 radical (unpaired) electrons. The number of nitrogens with one attached hydrogen (secondary N) is 1. The first kappa shape index (κ1) is 17.4. The molecule has 0 fully saturated rings. The number of fused-ring (bicyclic) bond motifs is 1. The number of benzene rings is 1. The number of aryl methyl sites for hydroxylation is 2. The molecule has 0 atom stereocenters. The van der Waals surface area contributed by atoms with Gasteiger partial charge >= 0.3 is 0 Å². The fourth-order valence-electron chi connectivity index (χ4n) is 3.12. The predicted molar refractivity (Wildman–Crippen MR) is 108 cm³/mol. The molecule has 6 heteroatoms. The molecule has 1 aliphatic rings. The molecule has 0 unspecified atom stereocenters. The first-order valence-electron chi connectivity index (χ1n) is 8.72. The van der Waals surface area contributed by atoms with E-state index < -0.39 is 0 Å². The average Bonchev–Trinajstić information content (AvgIpc) is 3.18. The summed E-state index contributed by atoms with van der Waals surface area (Å²) in [6.07, 6.45) is 0.936. The molecule has 4 nitrogen and oxygen atoms in total. The zero-order valence-electron chi connectivity index (χ0n) is 14.9. The van der Waals surface area contributed by atoms with E-state index >= 15 is 0 Å². The Hall–Kier alpha value is -2.02. The van der Waals surface area contributed by atoms with Crippen LogP contribution in [0.4, 0.5) is 5.13 Å². The molecule has 0 saturated heterocycles. The van der Waals surface area contributed by atoms with E-state index in [1.54, 1.807) is 11.3 Å². The van der Waals surface area contributed by atoms with Crippen LogP contribution in [0.2, 0.25) is 0 Å². The SMILES string of the molecule is Cc1cc(C(=O)Nc2nc3c(s2)CN(Cc2ccccc2)CC3)sc1C. The lowest BCUT2D eigenvalue weighted by Gasteiger charge is -2.25. The second-order valence-electron chi connectivity index (χ2n) is 6.64. The third-order valence-electron chi connectivity index (χ3n) is 4.67. The molecule has 2 aromatic heterocycles. The van der Waals surface area contributed by atoms with E-state index in [9.17, 15) is 4.79 Å². The fraction of sp³-hybridized carbons (Fsp3) is 0.300. The largest absolute Gasteiger partial charge is 0.297 e. The number of nitrogens with zero attached hydrogens (tertiary/aromatic N) is 2. The van der Waals surface area contributed by atoms with Gasteiger partial charge in [-0.1, -0.05) is 30.3 Å². The van der Waals surface area contributed by atoms with Crippen LogP contribution in [0.3, 0.4) is 0 Å². The smallest absolute Gasteiger partial charge is 0.267 e. The van der Waals surface area contributed by atoms with Crippen molar-refractivity contribution in [2.45, 2.75) is 33.4 Å². The van der Waals surface area contributed by atoms with Crippen LogP contribution in [-0.2, 0) is 19.5 Å². The lowest BCUT2D eigenvalue weighted by Crippen LogP contribution is -2.29. The fourth-order valence-corrected chi connectivity index (χ4v) is 5.10. The minimum absolute atomic E-state index is 0.0570. The number of amides is 1. The van der Waals surface area contributed by atoms with Gasteiger partial charge in [0.25, 0.3) is 5.91 Å². The van der Waals surface area contributed by atoms with E-state index in [1.165, 1.54) is 26.7 Å². The van der Waals surface area contributed by atoms with Gasteiger partial charge in [0.2, 0.25) is 0 Å². The van der Waals surface area contributed by atoms with E-state index in [0.717, 1.165) is 42.2 Å². The normalized spacial score (nSPS) is 14.2. The van der Waals surface area contributed by atoms with E-state index in [2.05, 4.69) is 39.5 Å². The van der Waals surface area contributed by atoms with Crippen LogP contribution < -0.4 is 5.32 Å². The highest BCUT2D eigenvalue weighted by Crippen LogP contribution is 2.30. The van der Waals surface area contributed by atoms with Gasteiger partial charge in [-0.15, -0.1) is 22.7 Å². The summed E-state index contributed by atoms with van der Waals surface area (Å²) in [5.74, 6) is -0.0570. The van der Waals surface area contributed by atoms with Gasteiger partial charge in [0.1, 0.15) is 0 Å². The Morgan fingerprint density at radius 2 is 2.04 bits per heavy atom. The van der Waals surface area contributed by atoms with Crippen LogP contribution in [0.25, 0.3) is 0 Å². The molecular formula is C20H21N3OS2. The number of anilines is 1. The molecule has 0 bridgehead atoms. The van der Waals surface area contributed by atoms with Crippen LogP contribution >= 0.6 is 22.7 Å². The van der Waals surface area contributed by atoms with Gasteiger partial charge in [0.15, 0.2) is 5.13 Å². The third kappa shape index (κ3) is 3.72. The van der Waals surface area contributed by atoms with Crippen molar-refractivity contribution >= 4 is 33.7 Å². The molecule has 1 aliphatic heterocycles. The Morgan fingerprint density at radius 1 is 1.23 bits per heavy atom. The summed E-state index contributed by atoms with van der Waals surface area (Å²) in [7, 11) is 0. The lowest BCUT2D eigenvalue weighted by atomic mass is 10.1. The summed E-state index contributed by atoms with van der Waals surface area (Å²) < 4.78 is 0. The van der Waals surface area contributed by atoms with Crippen molar-refractivity contribution in [1.29, 1.82) is 0 Å². The van der Waals surface area contributed by atoms with Gasteiger partial charge in [-0.05, 0) is 31.0 Å². The number of hydrogen-bond acceptors (Lipinski definition) is 5. The number of aromatic nitrogens is 1. The van der Waals surface area contributed by atoms with E-state index in [4.69, 9.17) is 0 Å². The zero-order chi connectivity index (χ0) is 18.1. The highest BCUT2D eigenvalue weighted by atomic mass is 32.1. The first-order valence-corrected chi connectivity index (χ1v) is 10.3. The second-order valence-corrected chi connectivity index (χ2v) is 8.98. The quantitative estimate of drug-likeness (QED) is 0.714. The van der Waals surface area contributed by atoms with Crippen LogP contribution in [0, 0.1) is 13.8 Å². The summed E-state index contributed by atoms with van der Waals surface area (Å²) in [5.41, 5.74) is 3.63. The number of rotatable bonds is 4. The monoisotopic (exact) mass is 383 g/mol. The molecule has 0 aliphatic carbocycles. The Morgan fingerprint density at radius 3 is 2.77 bits per heavy atom. The Labute approximate surface area is 161 Å². The van der Waals surface area contributed by atoms with Crippen molar-refractivity contribution < 1.29 is 4.79 Å². The van der Waals surface area contributed by atoms with Crippen LogP contribution in [0.1, 0.15) is 36.2 Å². The summed E-state index contributed by atoms with van der Waals surface area (Å²) in [6, 6.07) is 12.5. The molecular weight excluding hydrogens is 362 g/mol. The Balaban J connectivity index is 1.43. The van der Waals surface area contributed by atoms with Crippen molar-refractivity contribution in [3.63, 3.8) is 0 Å². The summed E-state index contributed by atoms with van der Waals surface area (Å²) in [4.78, 5) is 22.7. The van der Waals surface area contributed by atoms with Crippen LogP contribution in [-0.4, -0.2) is 22.3 Å². The minimum atomic E-state index is -0.0570. The zero-order valence-corrected chi connectivity index (χ0v) is 16.5. The molecule has 134 valence electrons. The molecule has 3 aromatic rings. The molecule has 1 amide bonds. The molecule has 0 spiro atoms. The highest BCUT2D eigenvalue weighted by Gasteiger charge is 2.22. The molecule has 3 heterocycles. The predicted octanol–water partition coefficient (Wildman–Crippen LogP) is 4.63. The molecule has 4 rings (SSSR count). The van der Waals surface area contributed by atoms with Gasteiger partial charge in [0.05, 0.1) is 10.6 Å². The number of carbonyl (C=O) groups is 1. The molecule has 1 aromatic carbocycles. The number of thiophene rings is 1. The van der Waals surface area contributed by atoms with E-state index in [-0.39, 0.29) is 5.91 Å². The maximum absolute atomic E-state index is 12.5. The number of carbonyl (C=O) groups excluding carboxylic acids is 1.